The molecule has 0 bridgehead atoms. The van der Waals surface area contributed by atoms with Gasteiger partial charge in [-0.3, -0.25) is 4.79 Å². The molecule has 0 aliphatic heterocycles. The van der Waals surface area contributed by atoms with E-state index < -0.39 is 18.2 Å². The van der Waals surface area contributed by atoms with Crippen molar-refractivity contribution in [1.82, 2.24) is 0 Å². The molecule has 0 spiro atoms. The lowest BCUT2D eigenvalue weighted by Gasteiger charge is -2.48. The first-order chi connectivity index (χ1) is 11.5. The summed E-state index contributed by atoms with van der Waals surface area (Å²) in [4.78, 5) is 10.6. The van der Waals surface area contributed by atoms with E-state index in [1.54, 1.807) is 0 Å². The third kappa shape index (κ3) is 5.09. The molecule has 2 saturated carbocycles. The molecule has 0 saturated heterocycles. The Morgan fingerprint density at radius 3 is 2.88 bits per heavy atom. The van der Waals surface area contributed by atoms with Crippen LogP contribution in [0.25, 0.3) is 0 Å². The highest BCUT2D eigenvalue weighted by molar-refractivity contribution is 5.66. The predicted molar refractivity (Wildman–Crippen MR) is 93.2 cm³/mol. The Morgan fingerprint density at radius 2 is 2.17 bits per heavy atom. The van der Waals surface area contributed by atoms with Gasteiger partial charge in [0.25, 0.3) is 0 Å². The number of carboxylic acid groups (broad SMARTS) is 1. The van der Waals surface area contributed by atoms with Gasteiger partial charge in [-0.25, -0.2) is 0 Å². The fraction of sp³-hybridized carbons (Fsp3) is 0.750. The van der Waals surface area contributed by atoms with E-state index in [1.165, 1.54) is 5.57 Å². The standard InChI is InChI=1S/C20H30O4/c1-2-3-4-7-15(21)9-10-17-18-13-14(6-5-8-20(23)24)16(18)11-12-19(17)22/h6,15-19,21-22H,2-5,7-8,11-13H2,1H3,(H,23,24)/b14-6-/t15?,16-,17-,18+,19-/m1/s1. The minimum absolute atomic E-state index is 0.0544. The van der Waals surface area contributed by atoms with E-state index in [9.17, 15) is 15.0 Å². The van der Waals surface area contributed by atoms with Gasteiger partial charge in [-0.05, 0) is 50.4 Å². The fourth-order valence-electron chi connectivity index (χ4n) is 3.94. The van der Waals surface area contributed by atoms with E-state index in [-0.39, 0.29) is 12.3 Å². The molecule has 2 aliphatic rings. The third-order valence-electron chi connectivity index (χ3n) is 5.38. The quantitative estimate of drug-likeness (QED) is 0.380. The van der Waals surface area contributed by atoms with Gasteiger partial charge in [0.15, 0.2) is 0 Å². The first-order valence-corrected chi connectivity index (χ1v) is 9.30. The second kappa shape index (κ2) is 9.25. The number of unbranched alkanes of at least 4 members (excludes halogenated alkanes) is 2. The molecule has 5 atom stereocenters. The Hall–Kier alpha value is -1.31. The Labute approximate surface area is 145 Å². The zero-order chi connectivity index (χ0) is 17.5. The van der Waals surface area contributed by atoms with Crippen LogP contribution in [0.3, 0.4) is 0 Å². The van der Waals surface area contributed by atoms with E-state index in [1.807, 2.05) is 0 Å². The number of fused-ring (bicyclic) bond motifs is 1. The van der Waals surface area contributed by atoms with Gasteiger partial charge in [0, 0.05) is 6.42 Å². The maximum atomic E-state index is 10.6. The summed E-state index contributed by atoms with van der Waals surface area (Å²) in [5.41, 5.74) is 1.34. The topological polar surface area (TPSA) is 77.8 Å². The Morgan fingerprint density at radius 1 is 1.38 bits per heavy atom. The fourth-order valence-corrected chi connectivity index (χ4v) is 3.94. The molecule has 1 unspecified atom stereocenters. The average molecular weight is 334 g/mol. The van der Waals surface area contributed by atoms with E-state index in [4.69, 9.17) is 5.11 Å². The van der Waals surface area contributed by atoms with Crippen molar-refractivity contribution in [1.29, 1.82) is 0 Å². The van der Waals surface area contributed by atoms with Gasteiger partial charge in [0.2, 0.25) is 0 Å². The summed E-state index contributed by atoms with van der Waals surface area (Å²) in [5, 5.41) is 29.0. The van der Waals surface area contributed by atoms with Crippen LogP contribution >= 0.6 is 0 Å². The number of rotatable bonds is 7. The van der Waals surface area contributed by atoms with Gasteiger partial charge < -0.3 is 15.3 Å². The highest BCUT2D eigenvalue weighted by Crippen LogP contribution is 2.51. The normalized spacial score (nSPS) is 31.5. The average Bonchev–Trinajstić information content (AvgIpc) is 2.51. The summed E-state index contributed by atoms with van der Waals surface area (Å²) >= 11 is 0. The van der Waals surface area contributed by atoms with Crippen LogP contribution < -0.4 is 0 Å². The van der Waals surface area contributed by atoms with Crippen molar-refractivity contribution >= 4 is 5.97 Å². The van der Waals surface area contributed by atoms with Crippen LogP contribution in [0.4, 0.5) is 0 Å². The van der Waals surface area contributed by atoms with Crippen molar-refractivity contribution in [2.45, 2.75) is 76.9 Å². The van der Waals surface area contributed by atoms with Crippen LogP contribution in [0, 0.1) is 29.6 Å². The molecule has 4 nitrogen and oxygen atoms in total. The molecule has 134 valence electrons. The van der Waals surface area contributed by atoms with Crippen LogP contribution in [0.1, 0.15) is 64.7 Å². The van der Waals surface area contributed by atoms with Crippen molar-refractivity contribution in [3.05, 3.63) is 11.6 Å². The highest BCUT2D eigenvalue weighted by Gasteiger charge is 2.46. The number of allylic oxidation sites excluding steroid dienone is 2. The number of hydrogen-bond donors (Lipinski definition) is 3. The molecule has 2 rings (SSSR count). The van der Waals surface area contributed by atoms with Crippen LogP contribution in [-0.4, -0.2) is 33.5 Å². The summed E-state index contributed by atoms with van der Waals surface area (Å²) in [5.74, 6) is 6.09. The lowest BCUT2D eigenvalue weighted by atomic mass is 9.57. The molecule has 2 aliphatic carbocycles. The maximum Gasteiger partial charge on any atom is 0.303 e. The number of hydrogen-bond acceptors (Lipinski definition) is 3. The number of carboxylic acids is 1. The second-order valence-corrected chi connectivity index (χ2v) is 7.16. The Balaban J connectivity index is 1.89. The van der Waals surface area contributed by atoms with E-state index in [0.717, 1.165) is 38.5 Å². The summed E-state index contributed by atoms with van der Waals surface area (Å²) < 4.78 is 0. The maximum absolute atomic E-state index is 10.6. The monoisotopic (exact) mass is 334 g/mol. The molecule has 0 radical (unpaired) electrons. The van der Waals surface area contributed by atoms with Gasteiger partial charge >= 0.3 is 5.97 Å². The minimum atomic E-state index is -0.761. The van der Waals surface area contributed by atoms with Crippen molar-refractivity contribution in [2.75, 3.05) is 0 Å². The third-order valence-corrected chi connectivity index (χ3v) is 5.38. The molecule has 3 N–H and O–H groups in total. The molecular weight excluding hydrogens is 304 g/mol. The van der Waals surface area contributed by atoms with Gasteiger partial charge in [-0.2, -0.15) is 0 Å². The second-order valence-electron chi connectivity index (χ2n) is 7.16. The summed E-state index contributed by atoms with van der Waals surface area (Å²) in [6, 6.07) is 0. The molecule has 24 heavy (non-hydrogen) atoms. The molecule has 0 aromatic rings. The van der Waals surface area contributed by atoms with Crippen LogP contribution in [0.2, 0.25) is 0 Å². The lowest BCUT2D eigenvalue weighted by molar-refractivity contribution is -0.136. The number of aliphatic carboxylic acids is 1. The zero-order valence-corrected chi connectivity index (χ0v) is 14.6. The van der Waals surface area contributed by atoms with Gasteiger partial charge in [-0.15, -0.1) is 0 Å². The number of carbonyl (C=O) groups is 1. The van der Waals surface area contributed by atoms with Crippen molar-refractivity contribution in [3.63, 3.8) is 0 Å². The number of aliphatic hydroxyl groups is 2. The van der Waals surface area contributed by atoms with E-state index >= 15 is 0 Å². The van der Waals surface area contributed by atoms with Gasteiger partial charge in [0.1, 0.15) is 6.10 Å². The Bertz CT molecular complexity index is 513. The lowest BCUT2D eigenvalue weighted by Crippen LogP contribution is -2.44. The van der Waals surface area contributed by atoms with E-state index in [0.29, 0.717) is 24.7 Å². The Kier molecular flexibility index (Phi) is 7.33. The van der Waals surface area contributed by atoms with Crippen molar-refractivity contribution in [3.8, 4) is 11.8 Å². The van der Waals surface area contributed by atoms with Crippen LogP contribution in [-0.2, 0) is 4.79 Å². The van der Waals surface area contributed by atoms with E-state index in [2.05, 4.69) is 24.8 Å². The van der Waals surface area contributed by atoms with Gasteiger partial charge in [-0.1, -0.05) is 43.3 Å². The van der Waals surface area contributed by atoms with Crippen molar-refractivity contribution < 1.29 is 20.1 Å². The molecule has 2 fully saturated rings. The van der Waals surface area contributed by atoms with Crippen molar-refractivity contribution in [2.24, 2.45) is 17.8 Å². The smallest absolute Gasteiger partial charge is 0.303 e. The summed E-state index contributed by atoms with van der Waals surface area (Å²) in [7, 11) is 0. The number of aliphatic hydroxyl groups excluding tert-OH is 2. The highest BCUT2D eigenvalue weighted by atomic mass is 16.4. The first kappa shape index (κ1) is 19.0. The summed E-state index contributed by atoms with van der Waals surface area (Å²) in [6.07, 6.45) is 8.38. The van der Waals surface area contributed by atoms with Gasteiger partial charge in [0.05, 0.1) is 12.0 Å². The minimum Gasteiger partial charge on any atom is -0.481 e. The molecule has 0 heterocycles. The van der Waals surface area contributed by atoms with Crippen LogP contribution in [0.5, 0.6) is 0 Å². The van der Waals surface area contributed by atoms with Crippen LogP contribution in [0.15, 0.2) is 11.6 Å². The largest absolute Gasteiger partial charge is 0.481 e. The molecule has 0 aromatic carbocycles. The summed E-state index contributed by atoms with van der Waals surface area (Å²) in [6.45, 7) is 2.13. The molecular formula is C20H30O4. The SMILES string of the molecule is CCCCCC(O)C#C[C@@H]1[C@H]2C/C(=C/CCC(=O)O)[C@H]2CC[C@H]1O. The molecule has 4 heteroatoms. The first-order valence-electron chi connectivity index (χ1n) is 9.30. The molecule has 0 aromatic heterocycles. The molecule has 0 amide bonds. The predicted octanol–water partition coefficient (Wildman–Crippen LogP) is 3.13. The zero-order valence-electron chi connectivity index (χ0n) is 14.6.